The van der Waals surface area contributed by atoms with Gasteiger partial charge in [-0.2, -0.15) is 5.10 Å². The normalized spacial score (nSPS) is 20.8. The Balaban J connectivity index is 2.13. The molecule has 1 aromatic rings. The molecule has 1 heterocycles. The first-order valence-corrected chi connectivity index (χ1v) is 6.23. The number of hydrogen-bond donors (Lipinski definition) is 1. The summed E-state index contributed by atoms with van der Waals surface area (Å²) in [6.45, 7) is 0. The number of carbonyl (C=O) groups excluding carboxylic acids is 1. The van der Waals surface area contributed by atoms with Gasteiger partial charge in [0.2, 0.25) is 5.78 Å². The lowest BCUT2D eigenvalue weighted by Gasteiger charge is -2.25. The average Bonchev–Trinajstić information content (AvgIpc) is 2.38. The lowest BCUT2D eigenvalue weighted by atomic mass is 10.2. The molecule has 0 saturated carbocycles. The van der Waals surface area contributed by atoms with Crippen molar-refractivity contribution < 1.29 is 4.79 Å². The van der Waals surface area contributed by atoms with Crippen LogP contribution in [0.15, 0.2) is 40.4 Å². The second kappa shape index (κ2) is 5.60. The van der Waals surface area contributed by atoms with E-state index in [4.69, 9.17) is 0 Å². The van der Waals surface area contributed by atoms with Gasteiger partial charge in [-0.1, -0.05) is 42.3 Å². The molecule has 1 aliphatic rings. The zero-order valence-corrected chi connectivity index (χ0v) is 10.1. The summed E-state index contributed by atoms with van der Waals surface area (Å²) < 4.78 is 1.60. The molecule has 0 aliphatic carbocycles. The van der Waals surface area contributed by atoms with E-state index in [1.165, 1.54) is 18.2 Å². The molecule has 6 heteroatoms. The van der Waals surface area contributed by atoms with Gasteiger partial charge >= 0.3 is 0 Å². The number of Topliss-reactive ketones (excluding diaryl/α,β-unsaturated/α-hetero) is 1. The summed E-state index contributed by atoms with van der Waals surface area (Å²) in [6.07, 6.45) is 4.22. The van der Waals surface area contributed by atoms with Gasteiger partial charge in [-0.3, -0.25) is 9.79 Å². The Morgan fingerprint density at radius 1 is 1.47 bits per heavy atom. The van der Waals surface area contributed by atoms with E-state index < -0.39 is 6.17 Å². The molecule has 1 aliphatic heterocycles. The predicted molar refractivity (Wildman–Crippen MR) is 69.8 cm³/mol. The Morgan fingerprint density at radius 3 is 2.94 bits per heavy atom. The topological polar surface area (TPSA) is 57.1 Å². The minimum atomic E-state index is -0.567. The number of hydrogen-bond acceptors (Lipinski definition) is 6. The monoisotopic (exact) mass is 248 g/mol. The molecule has 0 saturated heterocycles. The lowest BCUT2D eigenvalue weighted by Crippen LogP contribution is -2.46. The van der Waals surface area contributed by atoms with Gasteiger partial charge in [0.1, 0.15) is 0 Å². The third kappa shape index (κ3) is 2.92. The van der Waals surface area contributed by atoms with E-state index in [0.29, 0.717) is 0 Å². The highest BCUT2D eigenvalue weighted by Gasteiger charge is 2.26. The van der Waals surface area contributed by atoms with Gasteiger partial charge < -0.3 is 0 Å². The van der Waals surface area contributed by atoms with Crippen molar-refractivity contribution in [2.24, 2.45) is 10.1 Å². The summed E-state index contributed by atoms with van der Waals surface area (Å²) in [5, 5.41) is 3.72. The van der Waals surface area contributed by atoms with E-state index in [-0.39, 0.29) is 5.78 Å². The van der Waals surface area contributed by atoms with Crippen LogP contribution in [0.2, 0.25) is 0 Å². The fraction of sp³-hybridized carbons (Fsp3) is 0.182. The summed E-state index contributed by atoms with van der Waals surface area (Å²) in [6, 6.07) is 9.65. The van der Waals surface area contributed by atoms with Gasteiger partial charge in [0.05, 0.1) is 6.21 Å². The third-order valence-electron chi connectivity index (χ3n) is 2.19. The number of nitrogens with zero attached hydrogens (tertiary/aromatic N) is 3. The third-order valence-corrected chi connectivity index (χ3v) is 2.86. The van der Waals surface area contributed by atoms with Crippen LogP contribution in [0.1, 0.15) is 5.56 Å². The first-order chi connectivity index (χ1) is 8.31. The summed E-state index contributed by atoms with van der Waals surface area (Å²) in [7, 11) is 0. The molecule has 0 aromatic heterocycles. The number of benzene rings is 1. The van der Waals surface area contributed by atoms with Crippen molar-refractivity contribution in [1.29, 1.82) is 0 Å². The van der Waals surface area contributed by atoms with Crippen LogP contribution in [0.5, 0.6) is 0 Å². The second-order valence-corrected chi connectivity index (χ2v) is 4.09. The van der Waals surface area contributed by atoms with E-state index in [1.54, 1.807) is 10.6 Å². The summed E-state index contributed by atoms with van der Waals surface area (Å²) >= 11 is 1.37. The first kappa shape index (κ1) is 11.8. The van der Waals surface area contributed by atoms with Crippen molar-refractivity contribution in [3.63, 3.8) is 0 Å². The highest BCUT2D eigenvalue weighted by molar-refractivity contribution is 7.96. The van der Waals surface area contributed by atoms with E-state index >= 15 is 0 Å². The van der Waals surface area contributed by atoms with Crippen molar-refractivity contribution >= 4 is 30.2 Å². The molecule has 1 aromatic carbocycles. The van der Waals surface area contributed by atoms with Crippen LogP contribution in [-0.4, -0.2) is 35.0 Å². The largest absolute Gasteiger partial charge is 0.289 e. The average molecular weight is 248 g/mol. The zero-order valence-electron chi connectivity index (χ0n) is 9.28. The highest BCUT2D eigenvalue weighted by atomic mass is 32.2. The van der Waals surface area contributed by atoms with Gasteiger partial charge in [0, 0.05) is 6.21 Å². The van der Waals surface area contributed by atoms with Crippen molar-refractivity contribution in [3.8, 4) is 0 Å². The number of hydrazone groups is 1. The van der Waals surface area contributed by atoms with Crippen LogP contribution in [0.4, 0.5) is 0 Å². The van der Waals surface area contributed by atoms with Gasteiger partial charge in [0.15, 0.2) is 6.17 Å². The van der Waals surface area contributed by atoms with Gasteiger partial charge in [-0.05, 0) is 11.8 Å². The number of nitrogens with one attached hydrogen (secondary N) is 1. The Labute approximate surface area is 104 Å². The number of hydrazine groups is 1. The van der Waals surface area contributed by atoms with Gasteiger partial charge in [0.25, 0.3) is 0 Å². The van der Waals surface area contributed by atoms with Crippen LogP contribution >= 0.6 is 11.9 Å². The maximum atomic E-state index is 11.6. The Kier molecular flexibility index (Phi) is 3.89. The minimum Gasteiger partial charge on any atom is -0.289 e. The summed E-state index contributed by atoms with van der Waals surface area (Å²) in [5.74, 6) is -0.134. The van der Waals surface area contributed by atoms with Crippen molar-refractivity contribution in [3.05, 3.63) is 35.9 Å². The Hall–Kier alpha value is -1.66. The van der Waals surface area contributed by atoms with E-state index in [2.05, 4.69) is 15.6 Å². The fourth-order valence-corrected chi connectivity index (χ4v) is 1.84. The van der Waals surface area contributed by atoms with Crippen molar-refractivity contribution in [2.75, 3.05) is 6.26 Å². The molecule has 0 radical (unpaired) electrons. The minimum absolute atomic E-state index is 0.134. The molecule has 88 valence electrons. The maximum Gasteiger partial charge on any atom is 0.217 e. The first-order valence-electron chi connectivity index (χ1n) is 5.05. The van der Waals surface area contributed by atoms with Crippen LogP contribution in [0, 0.1) is 0 Å². The SMILES string of the molecule is CSN1NN=CC(=O)C1N=Cc1ccccc1. The van der Waals surface area contributed by atoms with Crippen LogP contribution < -0.4 is 5.53 Å². The molecular weight excluding hydrogens is 236 g/mol. The van der Waals surface area contributed by atoms with Gasteiger partial charge in [-0.15, -0.1) is 4.41 Å². The fourth-order valence-electron chi connectivity index (χ4n) is 1.36. The zero-order chi connectivity index (χ0) is 12.1. The van der Waals surface area contributed by atoms with Gasteiger partial charge in [-0.25, -0.2) is 5.53 Å². The predicted octanol–water partition coefficient (Wildman–Crippen LogP) is 1.08. The molecule has 0 bridgehead atoms. The van der Waals surface area contributed by atoms with Crippen molar-refractivity contribution in [1.82, 2.24) is 9.95 Å². The van der Waals surface area contributed by atoms with E-state index in [0.717, 1.165) is 5.56 Å². The summed E-state index contributed by atoms with van der Waals surface area (Å²) in [5.41, 5.74) is 3.68. The lowest BCUT2D eigenvalue weighted by molar-refractivity contribution is -0.116. The smallest absolute Gasteiger partial charge is 0.217 e. The molecule has 17 heavy (non-hydrogen) atoms. The van der Waals surface area contributed by atoms with Crippen LogP contribution in [0.25, 0.3) is 0 Å². The molecule has 1 N–H and O–H groups in total. The maximum absolute atomic E-state index is 11.6. The van der Waals surface area contributed by atoms with E-state index in [1.807, 2.05) is 36.6 Å². The van der Waals surface area contributed by atoms with Crippen LogP contribution in [-0.2, 0) is 4.79 Å². The Bertz CT molecular complexity index is 446. The standard InChI is InChI=1S/C11H12N4OS/c1-17-15-11(10(16)8-13-14-15)12-7-9-5-3-2-4-6-9/h2-8,11,14H,1H3. The number of ketones is 1. The highest BCUT2D eigenvalue weighted by Crippen LogP contribution is 2.12. The number of carbonyl (C=O) groups is 1. The molecular formula is C11H12N4OS. The van der Waals surface area contributed by atoms with Crippen molar-refractivity contribution in [2.45, 2.75) is 6.17 Å². The quantitative estimate of drug-likeness (QED) is 0.642. The molecule has 0 fully saturated rings. The molecule has 5 nitrogen and oxygen atoms in total. The second-order valence-electron chi connectivity index (χ2n) is 3.33. The number of rotatable bonds is 3. The molecule has 0 spiro atoms. The van der Waals surface area contributed by atoms with E-state index in [9.17, 15) is 4.79 Å². The molecule has 1 unspecified atom stereocenters. The van der Waals surface area contributed by atoms with Crippen LogP contribution in [0.3, 0.4) is 0 Å². The molecule has 1 atom stereocenters. The Morgan fingerprint density at radius 2 is 2.24 bits per heavy atom. The molecule has 0 amide bonds. The number of aliphatic imine (C=N–C) groups is 1. The molecule has 2 rings (SSSR count). The summed E-state index contributed by atoms with van der Waals surface area (Å²) in [4.78, 5) is 15.9.